The van der Waals surface area contributed by atoms with Crippen molar-refractivity contribution in [3.05, 3.63) is 95.6 Å². The van der Waals surface area contributed by atoms with E-state index >= 15 is 0 Å². The van der Waals surface area contributed by atoms with E-state index in [1.54, 1.807) is 4.52 Å². The monoisotopic (exact) mass is 468 g/mol. The lowest BCUT2D eigenvalue weighted by atomic mass is 9.96. The van der Waals surface area contributed by atoms with Crippen LogP contribution in [-0.2, 0) is 13.5 Å². The Kier molecular flexibility index (Phi) is 4.88. The van der Waals surface area contributed by atoms with Gasteiger partial charge in [-0.25, -0.2) is 9.97 Å². The van der Waals surface area contributed by atoms with Crippen molar-refractivity contribution in [2.75, 3.05) is 0 Å². The normalized spacial score (nSPS) is 12.6. The van der Waals surface area contributed by atoms with E-state index in [0.717, 1.165) is 45.5 Å². The van der Waals surface area contributed by atoms with Crippen LogP contribution in [-0.4, -0.2) is 39.1 Å². The molecule has 34 heavy (non-hydrogen) atoms. The number of rotatable bonds is 5. The van der Waals surface area contributed by atoms with Crippen LogP contribution in [0, 0.1) is 0 Å². The van der Waals surface area contributed by atoms with Gasteiger partial charge in [0.15, 0.2) is 5.65 Å². The first-order valence-corrected chi connectivity index (χ1v) is 11.4. The molecule has 0 saturated carbocycles. The summed E-state index contributed by atoms with van der Waals surface area (Å²) in [4.78, 5) is 8.97. The van der Waals surface area contributed by atoms with E-state index in [1.807, 2.05) is 56.2 Å². The third-order valence-electron chi connectivity index (χ3n) is 6.23. The maximum atomic E-state index is 6.35. The van der Waals surface area contributed by atoms with Crippen molar-refractivity contribution in [3.63, 3.8) is 0 Å². The van der Waals surface area contributed by atoms with E-state index in [1.165, 1.54) is 0 Å². The molecule has 4 heterocycles. The van der Waals surface area contributed by atoms with Crippen molar-refractivity contribution in [2.24, 2.45) is 7.05 Å². The first-order valence-electron chi connectivity index (χ1n) is 11.0. The van der Waals surface area contributed by atoms with E-state index in [9.17, 15) is 0 Å². The fraction of sp³-hybridized carbons (Fsp3) is 0.160. The summed E-state index contributed by atoms with van der Waals surface area (Å²) in [6.45, 7) is 2.12. The lowest BCUT2D eigenvalue weighted by molar-refractivity contribution is 0.600. The third-order valence-corrected chi connectivity index (χ3v) is 6.47. The van der Waals surface area contributed by atoms with Crippen LogP contribution in [0.3, 0.4) is 0 Å². The first kappa shape index (κ1) is 20.6. The highest BCUT2D eigenvalue weighted by Gasteiger charge is 2.23. The fourth-order valence-corrected chi connectivity index (χ4v) is 4.83. The number of pyridine rings is 1. The second-order valence-electron chi connectivity index (χ2n) is 8.23. The number of hydrogen-bond acceptors (Lipinski definition) is 5. The summed E-state index contributed by atoms with van der Waals surface area (Å²) in [5.41, 5.74) is 5.81. The number of aryl methyl sites for hydroxylation is 2. The van der Waals surface area contributed by atoms with Gasteiger partial charge in [-0.1, -0.05) is 36.7 Å². The maximum Gasteiger partial charge on any atom is 0.180 e. The summed E-state index contributed by atoms with van der Waals surface area (Å²) < 4.78 is 6.03. The van der Waals surface area contributed by atoms with Crippen LogP contribution in [0.1, 0.15) is 30.0 Å². The number of fused-ring (bicyclic) bond motifs is 3. The Morgan fingerprint density at radius 2 is 2.00 bits per heavy atom. The topological polar surface area (TPSA) is 78.7 Å². The minimum atomic E-state index is -0.0915. The SMILES string of the molecule is CCc1nccn1C(c1ccc2c(c1)c(-c1cccc(Cl)c1)cc1nnnn12)c1cncn1C. The minimum Gasteiger partial charge on any atom is -0.336 e. The van der Waals surface area contributed by atoms with Crippen LogP contribution in [0.25, 0.3) is 27.7 Å². The molecule has 6 rings (SSSR count). The first-order chi connectivity index (χ1) is 16.6. The Balaban J connectivity index is 1.65. The second kappa shape index (κ2) is 8.07. The molecule has 0 aliphatic carbocycles. The van der Waals surface area contributed by atoms with Gasteiger partial charge in [-0.3, -0.25) is 0 Å². The summed E-state index contributed by atoms with van der Waals surface area (Å²) in [6, 6.07) is 16.2. The summed E-state index contributed by atoms with van der Waals surface area (Å²) in [5.74, 6) is 1.01. The molecule has 0 aliphatic rings. The van der Waals surface area contributed by atoms with Gasteiger partial charge in [0.1, 0.15) is 11.9 Å². The quantitative estimate of drug-likeness (QED) is 0.365. The van der Waals surface area contributed by atoms with Crippen LogP contribution in [0.5, 0.6) is 0 Å². The molecule has 0 aliphatic heterocycles. The zero-order valence-electron chi connectivity index (χ0n) is 18.7. The van der Waals surface area contributed by atoms with E-state index in [0.29, 0.717) is 10.7 Å². The van der Waals surface area contributed by atoms with Crippen LogP contribution < -0.4 is 0 Å². The standard InChI is InChI=1S/C25H21ClN8/c1-3-23-28-9-10-33(23)25(22-14-27-15-32(22)2)17-7-8-21-20(12-17)19(13-24-29-30-31-34(21)24)16-5-4-6-18(26)11-16/h4-15,25H,3H2,1-2H3. The third kappa shape index (κ3) is 3.26. The van der Waals surface area contributed by atoms with Crippen molar-refractivity contribution < 1.29 is 0 Å². The Labute approximate surface area is 200 Å². The number of benzene rings is 2. The predicted octanol–water partition coefficient (Wildman–Crippen LogP) is 4.73. The summed E-state index contributed by atoms with van der Waals surface area (Å²) >= 11 is 6.35. The number of halogens is 1. The van der Waals surface area contributed by atoms with Crippen molar-refractivity contribution in [2.45, 2.75) is 19.4 Å². The highest BCUT2D eigenvalue weighted by Crippen LogP contribution is 2.35. The van der Waals surface area contributed by atoms with E-state index < -0.39 is 0 Å². The van der Waals surface area contributed by atoms with Crippen LogP contribution in [0.2, 0.25) is 5.02 Å². The Hall–Kier alpha value is -4.04. The number of nitrogens with zero attached hydrogens (tertiary/aromatic N) is 8. The fourth-order valence-electron chi connectivity index (χ4n) is 4.64. The molecular weight excluding hydrogens is 448 g/mol. The van der Waals surface area contributed by atoms with Gasteiger partial charge in [-0.2, -0.15) is 4.52 Å². The average Bonchev–Trinajstić information content (AvgIpc) is 3.60. The van der Waals surface area contributed by atoms with Gasteiger partial charge in [-0.15, -0.1) is 5.10 Å². The van der Waals surface area contributed by atoms with E-state index in [4.69, 9.17) is 11.6 Å². The van der Waals surface area contributed by atoms with Crippen molar-refractivity contribution in [1.82, 2.24) is 39.1 Å². The molecule has 1 unspecified atom stereocenters. The van der Waals surface area contributed by atoms with Gasteiger partial charge in [0.2, 0.25) is 0 Å². The molecule has 168 valence electrons. The molecule has 1 atom stereocenters. The number of imidazole rings is 2. The molecule has 8 nitrogen and oxygen atoms in total. The Morgan fingerprint density at radius 3 is 2.79 bits per heavy atom. The Bertz CT molecular complexity index is 1640. The summed E-state index contributed by atoms with van der Waals surface area (Å²) in [7, 11) is 2.01. The van der Waals surface area contributed by atoms with Gasteiger partial charge in [0.25, 0.3) is 0 Å². The zero-order valence-corrected chi connectivity index (χ0v) is 19.4. The molecule has 0 radical (unpaired) electrons. The lowest BCUT2D eigenvalue weighted by Crippen LogP contribution is -2.17. The number of aromatic nitrogens is 8. The molecule has 0 bridgehead atoms. The zero-order chi connectivity index (χ0) is 23.2. The molecule has 0 spiro atoms. The highest BCUT2D eigenvalue weighted by molar-refractivity contribution is 6.30. The van der Waals surface area contributed by atoms with Crippen molar-refractivity contribution >= 4 is 28.2 Å². The molecule has 9 heteroatoms. The lowest BCUT2D eigenvalue weighted by Gasteiger charge is -2.22. The van der Waals surface area contributed by atoms with Gasteiger partial charge >= 0.3 is 0 Å². The van der Waals surface area contributed by atoms with Gasteiger partial charge in [0, 0.05) is 36.3 Å². The molecule has 0 N–H and O–H groups in total. The maximum absolute atomic E-state index is 6.35. The van der Waals surface area contributed by atoms with Crippen LogP contribution in [0.15, 0.2) is 73.4 Å². The number of tetrazole rings is 1. The molecular formula is C25H21ClN8. The molecule has 0 saturated heterocycles. The summed E-state index contributed by atoms with van der Waals surface area (Å²) in [6.07, 6.45) is 8.45. The molecule has 2 aromatic carbocycles. The number of hydrogen-bond donors (Lipinski definition) is 0. The highest BCUT2D eigenvalue weighted by atomic mass is 35.5. The smallest absolute Gasteiger partial charge is 0.180 e. The minimum absolute atomic E-state index is 0.0915. The molecule has 0 fully saturated rings. The van der Waals surface area contributed by atoms with E-state index in [2.05, 4.69) is 65.8 Å². The van der Waals surface area contributed by atoms with Crippen LogP contribution in [0.4, 0.5) is 0 Å². The summed E-state index contributed by atoms with van der Waals surface area (Å²) in [5, 5.41) is 14.0. The predicted molar refractivity (Wildman–Crippen MR) is 131 cm³/mol. The van der Waals surface area contributed by atoms with Crippen molar-refractivity contribution in [1.29, 1.82) is 0 Å². The molecule has 0 amide bonds. The second-order valence-corrected chi connectivity index (χ2v) is 8.67. The largest absolute Gasteiger partial charge is 0.336 e. The van der Waals surface area contributed by atoms with E-state index in [-0.39, 0.29) is 6.04 Å². The average molecular weight is 469 g/mol. The van der Waals surface area contributed by atoms with Crippen LogP contribution >= 0.6 is 11.6 Å². The van der Waals surface area contributed by atoms with Gasteiger partial charge in [0.05, 0.1) is 23.7 Å². The van der Waals surface area contributed by atoms with Gasteiger partial charge in [-0.05, 0) is 57.4 Å². The van der Waals surface area contributed by atoms with Crippen molar-refractivity contribution in [3.8, 4) is 11.1 Å². The molecule has 4 aromatic heterocycles. The Morgan fingerprint density at radius 1 is 1.09 bits per heavy atom. The molecule has 6 aromatic rings. The van der Waals surface area contributed by atoms with Gasteiger partial charge < -0.3 is 9.13 Å².